The smallest absolute Gasteiger partial charge is 0.422 e. The quantitative estimate of drug-likeness (QED) is 0.731. The largest absolute Gasteiger partial charge is 0.454 e. The van der Waals surface area contributed by atoms with Crippen LogP contribution < -0.4 is 15.4 Å². The molecule has 0 atom stereocenters. The van der Waals surface area contributed by atoms with Gasteiger partial charge in [0.25, 0.3) is 0 Å². The summed E-state index contributed by atoms with van der Waals surface area (Å²) < 4.78 is 41.6. The molecule has 0 bridgehead atoms. The van der Waals surface area contributed by atoms with Crippen LogP contribution in [0.3, 0.4) is 0 Å². The summed E-state index contributed by atoms with van der Waals surface area (Å²) in [6.07, 6.45) is -4.48. The predicted octanol–water partition coefficient (Wildman–Crippen LogP) is 3.75. The average molecular weight is 349 g/mol. The molecule has 2 N–H and O–H groups in total. The molecule has 2 aromatic carbocycles. The summed E-state index contributed by atoms with van der Waals surface area (Å²) in [7, 11) is 1.55. The molecule has 0 unspecified atom stereocenters. The van der Waals surface area contributed by atoms with Crippen molar-refractivity contribution in [1.29, 1.82) is 0 Å². The summed E-state index contributed by atoms with van der Waals surface area (Å²) in [5.74, 6) is 0.169. The number of hydrogen-bond donors (Lipinski definition) is 2. The van der Waals surface area contributed by atoms with E-state index in [1.54, 1.807) is 7.05 Å². The Balaban J connectivity index is 1.91. The molecule has 25 heavy (non-hydrogen) atoms. The number of anilines is 3. The van der Waals surface area contributed by atoms with E-state index in [0.29, 0.717) is 5.69 Å². The SMILES string of the molecule is CNc1nc(Nc2cccc3ccccc23)nc(OCC(F)(F)F)n1. The minimum absolute atomic E-state index is 0.0767. The number of rotatable bonds is 5. The summed E-state index contributed by atoms with van der Waals surface area (Å²) in [6.45, 7) is -1.48. The fraction of sp³-hybridized carbons (Fsp3) is 0.188. The molecule has 0 aliphatic rings. The van der Waals surface area contributed by atoms with Gasteiger partial charge in [0.2, 0.25) is 11.9 Å². The van der Waals surface area contributed by atoms with E-state index in [-0.39, 0.29) is 11.9 Å². The van der Waals surface area contributed by atoms with E-state index in [2.05, 4.69) is 30.3 Å². The van der Waals surface area contributed by atoms with Crippen LogP contribution in [0.25, 0.3) is 10.8 Å². The Hall–Kier alpha value is -3.10. The Morgan fingerprint density at radius 3 is 2.44 bits per heavy atom. The standard InChI is InChI=1S/C16H14F3N5O/c1-20-13-22-14(24-15(23-13)25-9-16(17,18)19)21-12-8-4-6-10-5-2-3-7-11(10)12/h2-8H,9H2,1H3,(H2,20,21,22,23,24). The van der Waals surface area contributed by atoms with Crippen molar-refractivity contribution in [1.82, 2.24) is 15.0 Å². The van der Waals surface area contributed by atoms with Gasteiger partial charge in [0, 0.05) is 18.1 Å². The van der Waals surface area contributed by atoms with E-state index in [9.17, 15) is 13.2 Å². The number of aromatic nitrogens is 3. The van der Waals surface area contributed by atoms with Crippen molar-refractivity contribution in [2.45, 2.75) is 6.18 Å². The van der Waals surface area contributed by atoms with Crippen LogP contribution in [0.2, 0.25) is 0 Å². The van der Waals surface area contributed by atoms with Crippen LogP contribution in [-0.4, -0.2) is 34.8 Å². The van der Waals surface area contributed by atoms with Gasteiger partial charge in [-0.1, -0.05) is 36.4 Å². The van der Waals surface area contributed by atoms with Crippen LogP contribution in [0.15, 0.2) is 42.5 Å². The molecule has 0 saturated carbocycles. The van der Waals surface area contributed by atoms with Gasteiger partial charge in [0.15, 0.2) is 6.61 Å². The second-order valence-electron chi connectivity index (χ2n) is 5.07. The number of hydrogen-bond acceptors (Lipinski definition) is 6. The summed E-state index contributed by atoms with van der Waals surface area (Å²) in [6, 6.07) is 12.9. The molecule has 0 aliphatic heterocycles. The second-order valence-corrected chi connectivity index (χ2v) is 5.07. The summed E-state index contributed by atoms with van der Waals surface area (Å²) >= 11 is 0. The molecule has 130 valence electrons. The Kier molecular flexibility index (Phi) is 4.55. The van der Waals surface area contributed by atoms with Gasteiger partial charge < -0.3 is 15.4 Å². The maximum absolute atomic E-state index is 12.3. The summed E-state index contributed by atoms with van der Waals surface area (Å²) in [4.78, 5) is 11.7. The van der Waals surface area contributed by atoms with Gasteiger partial charge in [-0.25, -0.2) is 0 Å². The Labute approximate surface area is 141 Å². The first-order valence-electron chi connectivity index (χ1n) is 7.33. The molecule has 3 aromatic rings. The Morgan fingerprint density at radius 2 is 1.68 bits per heavy atom. The number of nitrogens with zero attached hydrogens (tertiary/aromatic N) is 3. The lowest BCUT2D eigenvalue weighted by Gasteiger charge is -2.12. The van der Waals surface area contributed by atoms with Gasteiger partial charge in [-0.15, -0.1) is 0 Å². The molecule has 0 spiro atoms. The van der Waals surface area contributed by atoms with Crippen molar-refractivity contribution in [2.24, 2.45) is 0 Å². The third kappa shape index (κ3) is 4.25. The van der Waals surface area contributed by atoms with Crippen LogP contribution in [0.4, 0.5) is 30.8 Å². The van der Waals surface area contributed by atoms with E-state index in [1.807, 2.05) is 42.5 Å². The van der Waals surface area contributed by atoms with Gasteiger partial charge in [0.1, 0.15) is 0 Å². The topological polar surface area (TPSA) is 72.0 Å². The first-order valence-corrected chi connectivity index (χ1v) is 7.33. The molecular formula is C16H14F3N5O. The zero-order valence-electron chi connectivity index (χ0n) is 13.1. The lowest BCUT2D eigenvalue weighted by atomic mass is 10.1. The second kappa shape index (κ2) is 6.80. The maximum Gasteiger partial charge on any atom is 0.422 e. The molecule has 1 heterocycles. The number of benzene rings is 2. The highest BCUT2D eigenvalue weighted by molar-refractivity contribution is 5.94. The first-order chi connectivity index (χ1) is 11.9. The Morgan fingerprint density at radius 1 is 0.960 bits per heavy atom. The highest BCUT2D eigenvalue weighted by Gasteiger charge is 2.29. The van der Waals surface area contributed by atoms with E-state index in [0.717, 1.165) is 10.8 Å². The van der Waals surface area contributed by atoms with Crippen LogP contribution in [-0.2, 0) is 0 Å². The van der Waals surface area contributed by atoms with Crippen molar-refractivity contribution in [3.05, 3.63) is 42.5 Å². The molecule has 1 aromatic heterocycles. The van der Waals surface area contributed by atoms with Crippen LogP contribution in [0.1, 0.15) is 0 Å². The van der Waals surface area contributed by atoms with Crippen LogP contribution in [0, 0.1) is 0 Å². The monoisotopic (exact) mass is 349 g/mol. The van der Waals surface area contributed by atoms with E-state index < -0.39 is 18.8 Å². The van der Waals surface area contributed by atoms with Crippen molar-refractivity contribution in [2.75, 3.05) is 24.3 Å². The molecule has 3 rings (SSSR count). The molecular weight excluding hydrogens is 335 g/mol. The van der Waals surface area contributed by atoms with Crippen molar-refractivity contribution < 1.29 is 17.9 Å². The van der Waals surface area contributed by atoms with E-state index in [4.69, 9.17) is 0 Å². The van der Waals surface area contributed by atoms with Gasteiger partial charge in [-0.3, -0.25) is 0 Å². The third-order valence-electron chi connectivity index (χ3n) is 3.24. The van der Waals surface area contributed by atoms with Crippen LogP contribution in [0.5, 0.6) is 6.01 Å². The van der Waals surface area contributed by atoms with Crippen molar-refractivity contribution in [3.63, 3.8) is 0 Å². The predicted molar refractivity (Wildman–Crippen MR) is 88.2 cm³/mol. The van der Waals surface area contributed by atoms with Gasteiger partial charge in [-0.05, 0) is 11.5 Å². The average Bonchev–Trinajstić information content (AvgIpc) is 2.59. The number of alkyl halides is 3. The third-order valence-corrected chi connectivity index (χ3v) is 3.24. The highest BCUT2D eigenvalue weighted by atomic mass is 19.4. The maximum atomic E-state index is 12.3. The molecule has 0 radical (unpaired) electrons. The van der Waals surface area contributed by atoms with Gasteiger partial charge in [0.05, 0.1) is 0 Å². The molecule has 0 fully saturated rings. The number of halogens is 3. The summed E-state index contributed by atoms with van der Waals surface area (Å²) in [5, 5.41) is 7.59. The van der Waals surface area contributed by atoms with Gasteiger partial charge in [-0.2, -0.15) is 28.1 Å². The number of fused-ring (bicyclic) bond motifs is 1. The number of nitrogens with one attached hydrogen (secondary N) is 2. The fourth-order valence-electron chi connectivity index (χ4n) is 2.19. The minimum Gasteiger partial charge on any atom is -0.454 e. The molecule has 9 heteroatoms. The lowest BCUT2D eigenvalue weighted by molar-refractivity contribution is -0.154. The van der Waals surface area contributed by atoms with Crippen LogP contribution >= 0.6 is 0 Å². The lowest BCUT2D eigenvalue weighted by Crippen LogP contribution is -2.20. The van der Waals surface area contributed by atoms with E-state index >= 15 is 0 Å². The molecule has 0 saturated heterocycles. The molecule has 0 aliphatic carbocycles. The fourth-order valence-corrected chi connectivity index (χ4v) is 2.19. The molecule has 0 amide bonds. The molecule has 6 nitrogen and oxygen atoms in total. The highest BCUT2D eigenvalue weighted by Crippen LogP contribution is 2.26. The van der Waals surface area contributed by atoms with Crippen molar-refractivity contribution >= 4 is 28.4 Å². The number of ether oxygens (including phenoxy) is 1. The Bertz CT molecular complexity index is 880. The zero-order chi connectivity index (χ0) is 17.9. The normalized spacial score (nSPS) is 11.4. The zero-order valence-corrected chi connectivity index (χ0v) is 13.1. The summed E-state index contributed by atoms with van der Waals surface area (Å²) in [5.41, 5.74) is 0.716. The first kappa shape index (κ1) is 16.7. The van der Waals surface area contributed by atoms with Gasteiger partial charge >= 0.3 is 12.2 Å². The minimum atomic E-state index is -4.48. The van der Waals surface area contributed by atoms with Crippen molar-refractivity contribution in [3.8, 4) is 6.01 Å². The van der Waals surface area contributed by atoms with E-state index in [1.165, 1.54) is 0 Å².